The number of benzene rings is 1. The zero-order valence-electron chi connectivity index (χ0n) is 12.6. The maximum Gasteiger partial charge on any atom is 0.0737 e. The number of aliphatic hydroxyl groups is 1. The molecular weight excluding hydrogens is 236 g/mol. The van der Waals surface area contributed by atoms with Crippen molar-refractivity contribution in [2.24, 2.45) is 0 Å². The van der Waals surface area contributed by atoms with E-state index in [0.29, 0.717) is 0 Å². The summed E-state index contributed by atoms with van der Waals surface area (Å²) in [4.78, 5) is 0. The molecule has 1 fully saturated rings. The van der Waals surface area contributed by atoms with Crippen LogP contribution < -0.4 is 0 Å². The molecule has 0 saturated heterocycles. The molecule has 0 aliphatic heterocycles. The summed E-state index contributed by atoms with van der Waals surface area (Å²) in [6, 6.07) is 8.65. The standard InChI is InChI=1S/C17H26O2/c1-5-19-15-11-17(18,12-15)10-13-6-8-14(9-7-13)16(2,3)4/h6-9,15,18H,5,10-12H2,1-4H3. The van der Waals surface area contributed by atoms with Gasteiger partial charge in [-0.05, 0) is 23.5 Å². The average molecular weight is 262 g/mol. The Labute approximate surface area is 116 Å². The third-order valence-electron chi connectivity index (χ3n) is 3.97. The Kier molecular flexibility index (Phi) is 4.03. The summed E-state index contributed by atoms with van der Waals surface area (Å²) in [6.07, 6.45) is 2.52. The molecule has 1 aliphatic carbocycles. The van der Waals surface area contributed by atoms with Gasteiger partial charge >= 0.3 is 0 Å². The second-order valence-corrected chi connectivity index (χ2v) is 6.83. The zero-order valence-corrected chi connectivity index (χ0v) is 12.6. The lowest BCUT2D eigenvalue weighted by Gasteiger charge is -2.43. The fourth-order valence-electron chi connectivity index (χ4n) is 2.79. The van der Waals surface area contributed by atoms with Gasteiger partial charge in [0.1, 0.15) is 0 Å². The Morgan fingerprint density at radius 3 is 2.26 bits per heavy atom. The molecule has 106 valence electrons. The molecule has 0 heterocycles. The molecule has 2 heteroatoms. The topological polar surface area (TPSA) is 29.5 Å². The second kappa shape index (κ2) is 5.26. The molecule has 19 heavy (non-hydrogen) atoms. The summed E-state index contributed by atoms with van der Waals surface area (Å²) >= 11 is 0. The Balaban J connectivity index is 1.94. The Morgan fingerprint density at radius 2 is 1.79 bits per heavy atom. The van der Waals surface area contributed by atoms with Gasteiger partial charge in [0.25, 0.3) is 0 Å². The van der Waals surface area contributed by atoms with Crippen LogP contribution in [0.3, 0.4) is 0 Å². The molecule has 0 spiro atoms. The molecule has 1 aromatic rings. The van der Waals surface area contributed by atoms with E-state index in [1.807, 2.05) is 6.92 Å². The van der Waals surface area contributed by atoms with Crippen LogP contribution in [0.15, 0.2) is 24.3 Å². The van der Waals surface area contributed by atoms with Crippen molar-refractivity contribution in [1.82, 2.24) is 0 Å². The van der Waals surface area contributed by atoms with Crippen molar-refractivity contribution < 1.29 is 9.84 Å². The van der Waals surface area contributed by atoms with E-state index in [0.717, 1.165) is 25.9 Å². The van der Waals surface area contributed by atoms with Crippen LogP contribution in [0.2, 0.25) is 0 Å². The van der Waals surface area contributed by atoms with E-state index in [9.17, 15) is 5.11 Å². The van der Waals surface area contributed by atoms with E-state index in [4.69, 9.17) is 4.74 Å². The molecule has 2 rings (SSSR count). The first-order valence-electron chi connectivity index (χ1n) is 7.26. The van der Waals surface area contributed by atoms with E-state index in [2.05, 4.69) is 45.0 Å². The van der Waals surface area contributed by atoms with Crippen LogP contribution in [0.25, 0.3) is 0 Å². The van der Waals surface area contributed by atoms with Gasteiger partial charge in [-0.1, -0.05) is 45.0 Å². The van der Waals surface area contributed by atoms with Crippen LogP contribution in [0.4, 0.5) is 0 Å². The van der Waals surface area contributed by atoms with E-state index < -0.39 is 5.60 Å². The van der Waals surface area contributed by atoms with Gasteiger partial charge in [-0.25, -0.2) is 0 Å². The highest BCUT2D eigenvalue weighted by Gasteiger charge is 2.43. The maximum absolute atomic E-state index is 10.4. The van der Waals surface area contributed by atoms with Crippen molar-refractivity contribution in [3.8, 4) is 0 Å². The van der Waals surface area contributed by atoms with Gasteiger partial charge in [-0.3, -0.25) is 0 Å². The van der Waals surface area contributed by atoms with E-state index in [1.54, 1.807) is 0 Å². The molecule has 1 N–H and O–H groups in total. The zero-order chi connectivity index (χ0) is 14.1. The summed E-state index contributed by atoms with van der Waals surface area (Å²) in [5.74, 6) is 0. The average Bonchev–Trinajstić information content (AvgIpc) is 2.27. The first-order valence-corrected chi connectivity index (χ1v) is 7.26. The first kappa shape index (κ1) is 14.5. The fraction of sp³-hybridized carbons (Fsp3) is 0.647. The molecule has 0 bridgehead atoms. The Morgan fingerprint density at radius 1 is 1.21 bits per heavy atom. The van der Waals surface area contributed by atoms with Crippen molar-refractivity contribution in [3.05, 3.63) is 35.4 Å². The molecular formula is C17H26O2. The highest BCUT2D eigenvalue weighted by molar-refractivity contribution is 5.28. The molecule has 1 saturated carbocycles. The van der Waals surface area contributed by atoms with E-state index >= 15 is 0 Å². The molecule has 0 unspecified atom stereocenters. The fourth-order valence-corrected chi connectivity index (χ4v) is 2.79. The molecule has 1 aromatic carbocycles. The van der Waals surface area contributed by atoms with Gasteiger partial charge in [0.15, 0.2) is 0 Å². The minimum absolute atomic E-state index is 0.186. The number of rotatable bonds is 4. The molecule has 1 aliphatic rings. The second-order valence-electron chi connectivity index (χ2n) is 6.83. The summed E-state index contributed by atoms with van der Waals surface area (Å²) in [6.45, 7) is 9.39. The lowest BCUT2D eigenvalue weighted by atomic mass is 9.73. The van der Waals surface area contributed by atoms with E-state index in [-0.39, 0.29) is 11.5 Å². The van der Waals surface area contributed by atoms with Crippen LogP contribution >= 0.6 is 0 Å². The van der Waals surface area contributed by atoms with E-state index in [1.165, 1.54) is 11.1 Å². The van der Waals surface area contributed by atoms with Gasteiger partial charge in [-0.2, -0.15) is 0 Å². The minimum atomic E-state index is -0.552. The van der Waals surface area contributed by atoms with Gasteiger partial charge in [0.05, 0.1) is 11.7 Å². The van der Waals surface area contributed by atoms with Gasteiger partial charge in [0, 0.05) is 25.9 Å². The predicted molar refractivity (Wildman–Crippen MR) is 78.4 cm³/mol. The van der Waals surface area contributed by atoms with Crippen LogP contribution in [0.1, 0.15) is 51.7 Å². The van der Waals surface area contributed by atoms with Crippen LogP contribution in [0, 0.1) is 0 Å². The third kappa shape index (κ3) is 3.58. The van der Waals surface area contributed by atoms with Crippen LogP contribution in [-0.4, -0.2) is 23.4 Å². The van der Waals surface area contributed by atoms with Crippen LogP contribution in [-0.2, 0) is 16.6 Å². The summed E-state index contributed by atoms with van der Waals surface area (Å²) in [5.41, 5.74) is 2.18. The molecule has 0 radical (unpaired) electrons. The molecule has 0 aromatic heterocycles. The maximum atomic E-state index is 10.4. The summed E-state index contributed by atoms with van der Waals surface area (Å²) < 4.78 is 5.51. The van der Waals surface area contributed by atoms with Gasteiger partial charge in [0.2, 0.25) is 0 Å². The first-order chi connectivity index (χ1) is 8.82. The quantitative estimate of drug-likeness (QED) is 0.900. The van der Waals surface area contributed by atoms with Crippen molar-refractivity contribution >= 4 is 0 Å². The molecule has 2 nitrogen and oxygen atoms in total. The highest BCUT2D eigenvalue weighted by Crippen LogP contribution is 2.37. The molecule has 0 atom stereocenters. The normalized spacial score (nSPS) is 27.1. The SMILES string of the molecule is CCOC1CC(O)(Cc2ccc(C(C)(C)C)cc2)C1. The lowest BCUT2D eigenvalue weighted by molar-refractivity contribution is -0.136. The summed E-state index contributed by atoms with van der Waals surface area (Å²) in [5, 5.41) is 10.4. The summed E-state index contributed by atoms with van der Waals surface area (Å²) in [7, 11) is 0. The lowest BCUT2D eigenvalue weighted by Crippen LogP contribution is -2.49. The number of hydrogen-bond acceptors (Lipinski definition) is 2. The smallest absolute Gasteiger partial charge is 0.0737 e. The van der Waals surface area contributed by atoms with Gasteiger partial charge in [-0.15, -0.1) is 0 Å². The van der Waals surface area contributed by atoms with Crippen LogP contribution in [0.5, 0.6) is 0 Å². The number of ether oxygens (including phenoxy) is 1. The Bertz CT molecular complexity index is 408. The number of hydrogen-bond donors (Lipinski definition) is 1. The Hall–Kier alpha value is -0.860. The minimum Gasteiger partial charge on any atom is -0.389 e. The molecule has 0 amide bonds. The van der Waals surface area contributed by atoms with Crippen molar-refractivity contribution in [3.63, 3.8) is 0 Å². The van der Waals surface area contributed by atoms with Crippen molar-refractivity contribution in [2.75, 3.05) is 6.61 Å². The van der Waals surface area contributed by atoms with Crippen molar-refractivity contribution in [2.45, 2.75) is 64.1 Å². The van der Waals surface area contributed by atoms with Crippen molar-refractivity contribution in [1.29, 1.82) is 0 Å². The highest BCUT2D eigenvalue weighted by atomic mass is 16.5. The monoisotopic (exact) mass is 262 g/mol. The third-order valence-corrected chi connectivity index (χ3v) is 3.97. The van der Waals surface area contributed by atoms with Gasteiger partial charge < -0.3 is 9.84 Å². The predicted octanol–water partition coefficient (Wildman–Crippen LogP) is 3.46. The largest absolute Gasteiger partial charge is 0.389 e.